The minimum Gasteiger partial charge on any atom is -0.453 e. The van der Waals surface area contributed by atoms with E-state index in [-0.39, 0.29) is 6.04 Å². The first-order chi connectivity index (χ1) is 8.19. The van der Waals surface area contributed by atoms with E-state index in [0.717, 1.165) is 21.3 Å². The first kappa shape index (κ1) is 12.9. The van der Waals surface area contributed by atoms with Crippen LogP contribution in [0.15, 0.2) is 50.0 Å². The Balaban J connectivity index is 2.12. The Kier molecular flexibility index (Phi) is 4.42. The van der Waals surface area contributed by atoms with Gasteiger partial charge in [0.05, 0.1) is 6.04 Å². The fraction of sp³-hybridized carbons (Fsp3) is 0.231. The highest BCUT2D eigenvalue weighted by atomic mass is 79.9. The largest absolute Gasteiger partial charge is 0.453 e. The summed E-state index contributed by atoms with van der Waals surface area (Å²) in [6, 6.07) is 12.5. The second-order valence-corrected chi connectivity index (χ2v) is 5.51. The van der Waals surface area contributed by atoms with Crippen LogP contribution in [0.4, 0.5) is 0 Å². The number of furan rings is 1. The summed E-state index contributed by atoms with van der Waals surface area (Å²) < 4.78 is 7.44. The lowest BCUT2D eigenvalue weighted by Gasteiger charge is -2.13. The van der Waals surface area contributed by atoms with Crippen LogP contribution in [0.3, 0.4) is 0 Å². The Labute approximate surface area is 118 Å². The van der Waals surface area contributed by atoms with E-state index in [2.05, 4.69) is 61.4 Å². The van der Waals surface area contributed by atoms with Gasteiger partial charge < -0.3 is 9.73 Å². The highest BCUT2D eigenvalue weighted by molar-refractivity contribution is 9.10. The first-order valence-electron chi connectivity index (χ1n) is 5.36. The molecule has 0 aliphatic carbocycles. The smallest absolute Gasteiger partial charge is 0.169 e. The van der Waals surface area contributed by atoms with Crippen molar-refractivity contribution in [1.29, 1.82) is 0 Å². The van der Waals surface area contributed by atoms with Crippen LogP contribution in [0, 0.1) is 0 Å². The van der Waals surface area contributed by atoms with Gasteiger partial charge in [-0.3, -0.25) is 0 Å². The maximum absolute atomic E-state index is 5.58. The van der Waals surface area contributed by atoms with Gasteiger partial charge in [-0.2, -0.15) is 0 Å². The summed E-state index contributed by atoms with van der Waals surface area (Å²) in [4.78, 5) is 0. The average molecular weight is 359 g/mol. The summed E-state index contributed by atoms with van der Waals surface area (Å²) in [6.07, 6.45) is 0.906. The monoisotopic (exact) mass is 357 g/mol. The quantitative estimate of drug-likeness (QED) is 0.880. The number of benzene rings is 1. The lowest BCUT2D eigenvalue weighted by atomic mass is 10.0. The number of nitrogens with one attached hydrogen (secondary N) is 1. The number of likely N-dealkylation sites (N-methyl/N-ethyl adjacent to an activating group) is 1. The van der Waals surface area contributed by atoms with E-state index < -0.39 is 0 Å². The summed E-state index contributed by atoms with van der Waals surface area (Å²) in [5.41, 5.74) is 1.28. The van der Waals surface area contributed by atoms with Gasteiger partial charge in [-0.15, -0.1) is 0 Å². The molecule has 1 unspecified atom stereocenters. The van der Waals surface area contributed by atoms with Crippen LogP contribution in [-0.4, -0.2) is 7.05 Å². The number of rotatable bonds is 4. The minimum atomic E-state index is 0.197. The number of halogens is 2. The summed E-state index contributed by atoms with van der Waals surface area (Å²) in [7, 11) is 1.94. The molecule has 4 heteroatoms. The van der Waals surface area contributed by atoms with Crippen molar-refractivity contribution in [2.45, 2.75) is 12.5 Å². The second kappa shape index (κ2) is 5.85. The molecule has 0 fully saturated rings. The molecule has 1 N–H and O–H groups in total. The van der Waals surface area contributed by atoms with Crippen molar-refractivity contribution in [2.75, 3.05) is 7.05 Å². The van der Waals surface area contributed by atoms with Gasteiger partial charge in [0, 0.05) is 4.47 Å². The summed E-state index contributed by atoms with van der Waals surface area (Å²) in [5, 5.41) is 3.27. The van der Waals surface area contributed by atoms with E-state index in [1.807, 2.05) is 19.2 Å². The van der Waals surface area contributed by atoms with Crippen molar-refractivity contribution in [3.8, 4) is 0 Å². The van der Waals surface area contributed by atoms with Crippen molar-refractivity contribution in [2.24, 2.45) is 0 Å². The molecule has 2 aromatic rings. The van der Waals surface area contributed by atoms with Crippen LogP contribution in [-0.2, 0) is 6.42 Å². The Bertz CT molecular complexity index is 478. The molecule has 2 rings (SSSR count). The molecule has 0 radical (unpaired) electrons. The molecule has 17 heavy (non-hydrogen) atoms. The Morgan fingerprint density at radius 3 is 2.35 bits per heavy atom. The van der Waals surface area contributed by atoms with Gasteiger partial charge in [0.15, 0.2) is 4.67 Å². The summed E-state index contributed by atoms with van der Waals surface area (Å²) in [5.74, 6) is 0.947. The molecular weight excluding hydrogens is 346 g/mol. The van der Waals surface area contributed by atoms with Crippen molar-refractivity contribution >= 4 is 31.9 Å². The van der Waals surface area contributed by atoms with E-state index in [9.17, 15) is 0 Å². The van der Waals surface area contributed by atoms with Crippen LogP contribution in [0.5, 0.6) is 0 Å². The summed E-state index contributed by atoms with van der Waals surface area (Å²) >= 11 is 6.76. The maximum Gasteiger partial charge on any atom is 0.169 e. The minimum absolute atomic E-state index is 0.197. The molecule has 0 amide bonds. The van der Waals surface area contributed by atoms with E-state index in [1.54, 1.807) is 0 Å². The SMILES string of the molecule is CNC(Cc1ccc(Br)cc1)c1ccc(Br)o1. The standard InChI is InChI=1S/C13H13Br2NO/c1-16-11(12-6-7-13(15)17-12)8-9-2-4-10(14)5-3-9/h2-7,11,16H,8H2,1H3. The second-order valence-electron chi connectivity index (χ2n) is 3.81. The summed E-state index contributed by atoms with van der Waals surface area (Å²) in [6.45, 7) is 0. The molecular formula is C13H13Br2NO. The Morgan fingerprint density at radius 1 is 1.12 bits per heavy atom. The molecule has 0 saturated carbocycles. The number of hydrogen-bond donors (Lipinski definition) is 1. The van der Waals surface area contributed by atoms with E-state index in [1.165, 1.54) is 5.56 Å². The predicted molar refractivity (Wildman–Crippen MR) is 76.1 cm³/mol. The van der Waals surface area contributed by atoms with E-state index in [0.29, 0.717) is 0 Å². The molecule has 0 aliphatic rings. The van der Waals surface area contributed by atoms with Gasteiger partial charge >= 0.3 is 0 Å². The highest BCUT2D eigenvalue weighted by Crippen LogP contribution is 2.23. The van der Waals surface area contributed by atoms with Crippen LogP contribution >= 0.6 is 31.9 Å². The topological polar surface area (TPSA) is 25.2 Å². The Morgan fingerprint density at radius 2 is 1.82 bits per heavy atom. The third-order valence-corrected chi connectivity index (χ3v) is 3.59. The van der Waals surface area contributed by atoms with Gasteiger partial charge in [0.25, 0.3) is 0 Å². The van der Waals surface area contributed by atoms with Crippen LogP contribution < -0.4 is 5.32 Å². The molecule has 1 aromatic carbocycles. The normalized spacial score (nSPS) is 12.6. The molecule has 0 bridgehead atoms. The van der Waals surface area contributed by atoms with Crippen molar-refractivity contribution in [3.63, 3.8) is 0 Å². The molecule has 0 saturated heterocycles. The average Bonchev–Trinajstić information content (AvgIpc) is 2.75. The third kappa shape index (κ3) is 3.44. The van der Waals surface area contributed by atoms with Crippen molar-refractivity contribution in [3.05, 3.63) is 56.9 Å². The fourth-order valence-electron chi connectivity index (χ4n) is 1.72. The molecule has 0 spiro atoms. The van der Waals surface area contributed by atoms with Crippen LogP contribution in [0.2, 0.25) is 0 Å². The molecule has 0 aliphatic heterocycles. The zero-order chi connectivity index (χ0) is 12.3. The molecule has 90 valence electrons. The third-order valence-electron chi connectivity index (χ3n) is 2.64. The van der Waals surface area contributed by atoms with Crippen LogP contribution in [0.1, 0.15) is 17.4 Å². The van der Waals surface area contributed by atoms with E-state index in [4.69, 9.17) is 4.42 Å². The molecule has 1 aromatic heterocycles. The maximum atomic E-state index is 5.58. The van der Waals surface area contributed by atoms with Crippen LogP contribution in [0.25, 0.3) is 0 Å². The number of hydrogen-bond acceptors (Lipinski definition) is 2. The van der Waals surface area contributed by atoms with Gasteiger partial charge in [-0.1, -0.05) is 28.1 Å². The Hall–Kier alpha value is -0.580. The van der Waals surface area contributed by atoms with Crippen molar-refractivity contribution < 1.29 is 4.42 Å². The van der Waals surface area contributed by atoms with Crippen molar-refractivity contribution in [1.82, 2.24) is 5.32 Å². The van der Waals surface area contributed by atoms with Gasteiger partial charge in [-0.05, 0) is 59.2 Å². The molecule has 1 atom stereocenters. The predicted octanol–water partition coefficient (Wildman–Crippen LogP) is 4.31. The highest BCUT2D eigenvalue weighted by Gasteiger charge is 2.13. The molecule has 1 heterocycles. The first-order valence-corrected chi connectivity index (χ1v) is 6.94. The van der Waals surface area contributed by atoms with Gasteiger partial charge in [0.1, 0.15) is 5.76 Å². The lowest BCUT2D eigenvalue weighted by molar-refractivity contribution is 0.417. The zero-order valence-electron chi connectivity index (χ0n) is 9.41. The van der Waals surface area contributed by atoms with Gasteiger partial charge in [-0.25, -0.2) is 0 Å². The van der Waals surface area contributed by atoms with Gasteiger partial charge in [0.2, 0.25) is 0 Å². The molecule has 2 nitrogen and oxygen atoms in total. The lowest BCUT2D eigenvalue weighted by Crippen LogP contribution is -2.18. The zero-order valence-corrected chi connectivity index (χ0v) is 12.6. The van der Waals surface area contributed by atoms with E-state index >= 15 is 0 Å². The fourth-order valence-corrected chi connectivity index (χ4v) is 2.30.